The van der Waals surface area contributed by atoms with Crippen LogP contribution in [0.25, 0.3) is 0 Å². The second kappa shape index (κ2) is 58.4. The summed E-state index contributed by atoms with van der Waals surface area (Å²) >= 11 is 0. The van der Waals surface area contributed by atoms with Crippen LogP contribution in [0.4, 0.5) is 0 Å². The summed E-state index contributed by atoms with van der Waals surface area (Å²) < 4.78 is 68.0. The van der Waals surface area contributed by atoms with E-state index in [-0.39, 0.29) is 25.7 Å². The highest BCUT2D eigenvalue weighted by molar-refractivity contribution is 7.47. The van der Waals surface area contributed by atoms with Gasteiger partial charge in [-0.05, 0) is 37.5 Å². The van der Waals surface area contributed by atoms with E-state index in [9.17, 15) is 43.2 Å². The Kier molecular flexibility index (Phi) is 57.1. The average Bonchev–Trinajstić information content (AvgIpc) is 3.62. The summed E-state index contributed by atoms with van der Waals surface area (Å²) in [6, 6.07) is 0. The van der Waals surface area contributed by atoms with Gasteiger partial charge in [0, 0.05) is 25.7 Å². The third-order valence-electron chi connectivity index (χ3n) is 15.2. The number of hydrogen-bond donors (Lipinski definition) is 3. The molecule has 85 heavy (non-hydrogen) atoms. The lowest BCUT2D eigenvalue weighted by molar-refractivity contribution is -0.161. The number of rotatable bonds is 65. The topological polar surface area (TPSA) is 237 Å². The molecule has 19 heteroatoms. The van der Waals surface area contributed by atoms with Gasteiger partial charge in [0.05, 0.1) is 26.4 Å². The summed E-state index contributed by atoms with van der Waals surface area (Å²) in [7, 11) is -9.89. The number of carbonyl (C=O) groups excluding carboxylic acids is 4. The van der Waals surface area contributed by atoms with E-state index >= 15 is 0 Å². The first-order valence-electron chi connectivity index (χ1n) is 34.5. The zero-order valence-corrected chi connectivity index (χ0v) is 56.7. The Morgan fingerprint density at radius 3 is 0.800 bits per heavy atom. The highest BCUT2D eigenvalue weighted by atomic mass is 31.2. The average molecular weight is 1260 g/mol. The standard InChI is InChI=1S/C66H128O17P2/c1-7-9-11-13-15-17-18-23-26-30-37-43-49-64(69)77-54-61(82-65(70)50-44-38-31-27-24-21-19-20-22-25-28-34-40-46-58(3)4)56-80-84(72,73)78-52-60(67)53-79-85(74,75)81-57-62(55-76-63(68)48-42-36-29-16-14-12-10-8-2)83-66(71)51-45-39-33-32-35-41-47-59(5)6/h58-62,67H,7-57H2,1-6H3,(H,72,73)(H,74,75)/t60-,61-,62-/m1/s1. The molecule has 0 bridgehead atoms. The molecule has 0 aromatic rings. The summed E-state index contributed by atoms with van der Waals surface area (Å²) in [5, 5.41) is 10.5. The van der Waals surface area contributed by atoms with Crippen molar-refractivity contribution in [1.29, 1.82) is 0 Å². The van der Waals surface area contributed by atoms with Crippen molar-refractivity contribution in [2.24, 2.45) is 11.8 Å². The van der Waals surface area contributed by atoms with Crippen LogP contribution in [0.3, 0.4) is 0 Å². The van der Waals surface area contributed by atoms with Crippen molar-refractivity contribution in [1.82, 2.24) is 0 Å². The maximum Gasteiger partial charge on any atom is 0.472 e. The Labute approximate surface area is 517 Å². The summed E-state index contributed by atoms with van der Waals surface area (Å²) in [5.74, 6) is -0.680. The molecule has 0 aromatic carbocycles. The molecule has 0 aromatic heterocycles. The molecule has 3 N–H and O–H groups in total. The van der Waals surface area contributed by atoms with Crippen LogP contribution in [0.1, 0.15) is 330 Å². The molecule has 0 radical (unpaired) electrons. The second-order valence-corrected chi connectivity index (χ2v) is 27.7. The molecule has 0 spiro atoms. The second-order valence-electron chi connectivity index (χ2n) is 24.8. The van der Waals surface area contributed by atoms with Crippen LogP contribution in [0.15, 0.2) is 0 Å². The summed E-state index contributed by atoms with van der Waals surface area (Å²) in [5.41, 5.74) is 0. The maximum absolute atomic E-state index is 13.0. The fourth-order valence-electron chi connectivity index (χ4n) is 9.88. The number of ether oxygens (including phenoxy) is 4. The van der Waals surface area contributed by atoms with Gasteiger partial charge in [0.15, 0.2) is 12.2 Å². The van der Waals surface area contributed by atoms with Crippen molar-refractivity contribution < 1.29 is 80.2 Å². The van der Waals surface area contributed by atoms with Crippen LogP contribution in [0.5, 0.6) is 0 Å². The van der Waals surface area contributed by atoms with Crippen LogP contribution in [0.2, 0.25) is 0 Å². The lowest BCUT2D eigenvalue weighted by Crippen LogP contribution is -2.30. The minimum Gasteiger partial charge on any atom is -0.462 e. The molecule has 0 heterocycles. The van der Waals surface area contributed by atoms with Gasteiger partial charge < -0.3 is 33.8 Å². The predicted molar refractivity (Wildman–Crippen MR) is 340 cm³/mol. The number of aliphatic hydroxyl groups is 1. The van der Waals surface area contributed by atoms with Crippen LogP contribution >= 0.6 is 15.6 Å². The molecule has 2 unspecified atom stereocenters. The molecule has 0 aliphatic rings. The minimum absolute atomic E-state index is 0.102. The summed E-state index contributed by atoms with van der Waals surface area (Å²) in [6.07, 6.45) is 41.8. The van der Waals surface area contributed by atoms with E-state index in [1.54, 1.807) is 0 Å². The lowest BCUT2D eigenvalue weighted by Gasteiger charge is -2.21. The van der Waals surface area contributed by atoms with Gasteiger partial charge in [0.1, 0.15) is 19.3 Å². The lowest BCUT2D eigenvalue weighted by atomic mass is 10.0. The Balaban J connectivity index is 5.21. The Hall–Kier alpha value is -1.94. The first-order valence-corrected chi connectivity index (χ1v) is 37.5. The SMILES string of the molecule is CCCCCCCCCCCCCCC(=O)OC[C@H](COP(=O)(O)OC[C@@H](O)COP(=O)(O)OC[C@@H](COC(=O)CCCCCCCCCC)OC(=O)CCCCCCCCC(C)C)OC(=O)CCCCCCCCCCCCCCCC(C)C. The molecule has 0 rings (SSSR count). The minimum atomic E-state index is -4.95. The van der Waals surface area contributed by atoms with Gasteiger partial charge in [-0.1, -0.05) is 279 Å². The molecule has 5 atom stereocenters. The zero-order chi connectivity index (χ0) is 62.9. The third kappa shape index (κ3) is 60.7. The van der Waals surface area contributed by atoms with Crippen LogP contribution in [-0.2, 0) is 65.4 Å². The van der Waals surface area contributed by atoms with Gasteiger partial charge >= 0.3 is 39.5 Å². The molecule has 0 fully saturated rings. The number of carbonyl (C=O) groups is 4. The first-order chi connectivity index (χ1) is 40.9. The van der Waals surface area contributed by atoms with Crippen LogP contribution in [-0.4, -0.2) is 96.7 Å². The van der Waals surface area contributed by atoms with Crippen molar-refractivity contribution in [3.05, 3.63) is 0 Å². The molecule has 17 nitrogen and oxygen atoms in total. The molecular formula is C66H128O17P2. The van der Waals surface area contributed by atoms with Crippen molar-refractivity contribution in [2.75, 3.05) is 39.6 Å². The number of esters is 4. The monoisotopic (exact) mass is 1250 g/mol. The van der Waals surface area contributed by atoms with Gasteiger partial charge in [-0.15, -0.1) is 0 Å². The van der Waals surface area contributed by atoms with Gasteiger partial charge in [0.25, 0.3) is 0 Å². The Morgan fingerprint density at radius 1 is 0.318 bits per heavy atom. The maximum atomic E-state index is 13.0. The number of unbranched alkanes of at least 4 members (excludes halogenated alkanes) is 35. The largest absolute Gasteiger partial charge is 0.472 e. The number of aliphatic hydroxyl groups excluding tert-OH is 1. The fourth-order valence-corrected chi connectivity index (χ4v) is 11.5. The Morgan fingerprint density at radius 2 is 0.541 bits per heavy atom. The van der Waals surface area contributed by atoms with Gasteiger partial charge in [-0.2, -0.15) is 0 Å². The van der Waals surface area contributed by atoms with Gasteiger partial charge in [-0.3, -0.25) is 37.3 Å². The molecule has 504 valence electrons. The third-order valence-corrected chi connectivity index (χ3v) is 17.1. The summed E-state index contributed by atoms with van der Waals surface area (Å²) in [4.78, 5) is 72.2. The molecule has 0 aliphatic heterocycles. The predicted octanol–water partition coefficient (Wildman–Crippen LogP) is 18.4. The van der Waals surface area contributed by atoms with E-state index in [1.165, 1.54) is 141 Å². The van der Waals surface area contributed by atoms with E-state index in [1.807, 2.05) is 0 Å². The van der Waals surface area contributed by atoms with E-state index in [2.05, 4.69) is 41.5 Å². The van der Waals surface area contributed by atoms with E-state index in [0.717, 1.165) is 102 Å². The number of phosphoric ester groups is 2. The van der Waals surface area contributed by atoms with E-state index < -0.39 is 97.5 Å². The highest BCUT2D eigenvalue weighted by Crippen LogP contribution is 2.45. The van der Waals surface area contributed by atoms with Crippen LogP contribution in [0, 0.1) is 11.8 Å². The van der Waals surface area contributed by atoms with Crippen molar-refractivity contribution in [2.45, 2.75) is 349 Å². The molecule has 0 saturated heterocycles. The number of phosphoric acid groups is 2. The normalized spacial score (nSPS) is 14.2. The smallest absolute Gasteiger partial charge is 0.462 e. The van der Waals surface area contributed by atoms with Crippen molar-refractivity contribution in [3.8, 4) is 0 Å². The number of hydrogen-bond acceptors (Lipinski definition) is 15. The van der Waals surface area contributed by atoms with Gasteiger partial charge in [0.2, 0.25) is 0 Å². The van der Waals surface area contributed by atoms with Crippen molar-refractivity contribution >= 4 is 39.5 Å². The van der Waals surface area contributed by atoms with Gasteiger partial charge in [-0.25, -0.2) is 9.13 Å². The first kappa shape index (κ1) is 83.1. The van der Waals surface area contributed by atoms with E-state index in [0.29, 0.717) is 31.6 Å². The molecule has 0 aliphatic carbocycles. The molecule has 0 amide bonds. The van der Waals surface area contributed by atoms with E-state index in [4.69, 9.17) is 37.0 Å². The summed E-state index contributed by atoms with van der Waals surface area (Å²) in [6.45, 7) is 9.41. The zero-order valence-electron chi connectivity index (χ0n) is 54.9. The molecular weight excluding hydrogens is 1130 g/mol. The molecule has 0 saturated carbocycles. The Bertz CT molecular complexity index is 1670. The van der Waals surface area contributed by atoms with Crippen LogP contribution < -0.4 is 0 Å². The quantitative estimate of drug-likeness (QED) is 0.0222. The van der Waals surface area contributed by atoms with Crippen molar-refractivity contribution in [3.63, 3.8) is 0 Å². The fraction of sp³-hybridized carbons (Fsp3) is 0.939. The highest BCUT2D eigenvalue weighted by Gasteiger charge is 2.30.